The fraction of sp³-hybridized carbons (Fsp3) is 0.789. The van der Waals surface area contributed by atoms with Crippen LogP contribution in [0.15, 0.2) is 0 Å². The highest BCUT2D eigenvalue weighted by molar-refractivity contribution is 7.90. The molecule has 2 saturated carbocycles. The monoisotopic (exact) mass is 443 g/mol. The minimum Gasteiger partial charge on any atom is -0.295 e. The number of piperidine rings is 1. The predicted molar refractivity (Wildman–Crippen MR) is 102 cm³/mol. The maximum Gasteiger partial charge on any atom is 0.249 e. The number of nitrogens with one attached hydrogen (secondary N) is 2. The molecule has 0 aromatic carbocycles. The molecule has 0 spiro atoms. The second-order valence-electron chi connectivity index (χ2n) is 8.77. The van der Waals surface area contributed by atoms with Gasteiger partial charge in [-0.05, 0) is 51.4 Å². The number of carbonyl (C=O) groups is 4. The van der Waals surface area contributed by atoms with Crippen LogP contribution in [-0.2, 0) is 29.2 Å². The molecule has 4 atom stereocenters. The highest BCUT2D eigenvalue weighted by Crippen LogP contribution is 2.40. The van der Waals surface area contributed by atoms with Crippen molar-refractivity contribution in [2.24, 2.45) is 11.8 Å². The molecular weight excluding hydrogens is 417 g/mol. The summed E-state index contributed by atoms with van der Waals surface area (Å²) in [4.78, 5) is 50.2. The van der Waals surface area contributed by atoms with Gasteiger partial charge in [-0.1, -0.05) is 0 Å². The first kappa shape index (κ1) is 21.4. The Kier molecular flexibility index (Phi) is 5.69. The van der Waals surface area contributed by atoms with Gasteiger partial charge in [-0.25, -0.2) is 17.5 Å². The minimum atomic E-state index is -3.64. The molecule has 2 aliphatic carbocycles. The number of hydrogen-bond donors (Lipinski definition) is 2. The molecule has 4 fully saturated rings. The topological polar surface area (TPSA) is 130 Å². The van der Waals surface area contributed by atoms with Crippen molar-refractivity contribution in [1.82, 2.24) is 14.9 Å². The summed E-state index contributed by atoms with van der Waals surface area (Å²) in [7, 11) is -3.64. The zero-order valence-corrected chi connectivity index (χ0v) is 17.3. The number of likely N-dealkylation sites (tertiary alicyclic amines) is 1. The number of nitrogens with zero attached hydrogens (tertiary/aromatic N) is 1. The Morgan fingerprint density at radius 2 is 1.57 bits per heavy atom. The lowest BCUT2D eigenvalue weighted by atomic mass is 9.79. The number of sulfonamides is 1. The van der Waals surface area contributed by atoms with E-state index in [4.69, 9.17) is 0 Å². The van der Waals surface area contributed by atoms with Gasteiger partial charge in [0.05, 0.1) is 17.1 Å². The molecule has 11 heteroatoms. The number of amides is 4. The number of hydrogen-bond acceptors (Lipinski definition) is 6. The number of halogens is 1. The predicted octanol–water partition coefficient (Wildman–Crippen LogP) is 0.145. The van der Waals surface area contributed by atoms with E-state index in [0.717, 1.165) is 4.90 Å². The van der Waals surface area contributed by atoms with Gasteiger partial charge in [0, 0.05) is 12.5 Å². The highest BCUT2D eigenvalue weighted by atomic mass is 32.2. The molecule has 0 aromatic rings. The average molecular weight is 443 g/mol. The molecule has 2 aliphatic heterocycles. The molecule has 166 valence electrons. The lowest BCUT2D eigenvalue weighted by molar-refractivity contribution is -0.151. The molecule has 4 aliphatic rings. The van der Waals surface area contributed by atoms with Gasteiger partial charge in [0.1, 0.15) is 12.2 Å². The Labute approximate surface area is 174 Å². The van der Waals surface area contributed by atoms with Crippen LogP contribution in [0.1, 0.15) is 57.8 Å². The van der Waals surface area contributed by atoms with Crippen molar-refractivity contribution in [3.63, 3.8) is 0 Å². The van der Waals surface area contributed by atoms with Crippen LogP contribution in [0, 0.1) is 11.8 Å². The molecule has 4 unspecified atom stereocenters. The van der Waals surface area contributed by atoms with Gasteiger partial charge in [-0.15, -0.1) is 0 Å². The quantitative estimate of drug-likeness (QED) is 0.595. The first-order valence-corrected chi connectivity index (χ1v) is 12.1. The van der Waals surface area contributed by atoms with Crippen LogP contribution >= 0.6 is 0 Å². The lowest BCUT2D eigenvalue weighted by Crippen LogP contribution is -2.54. The van der Waals surface area contributed by atoms with Gasteiger partial charge in [-0.2, -0.15) is 0 Å². The molecule has 0 radical (unpaired) electrons. The summed E-state index contributed by atoms with van der Waals surface area (Å²) in [6, 6.07) is -1.46. The Hall–Kier alpha value is -1.88. The highest BCUT2D eigenvalue weighted by Gasteiger charge is 2.54. The largest absolute Gasteiger partial charge is 0.295 e. The summed E-state index contributed by atoms with van der Waals surface area (Å²) < 4.78 is 41.4. The van der Waals surface area contributed by atoms with Crippen LogP contribution < -0.4 is 10.0 Å². The van der Waals surface area contributed by atoms with Gasteiger partial charge < -0.3 is 0 Å². The standard InChI is InChI=1S/C19H26FN3O6S/c20-10-1-4-12(5-2-10)30(28,29)22-11-3-6-13-14(9-11)19(27)23(18(13)26)15-7-8-16(24)21-17(15)25/h10-15,22H,1-9H2,(H,21,24,25). The molecule has 4 amide bonds. The molecular formula is C19H26FN3O6S. The molecule has 2 saturated heterocycles. The average Bonchev–Trinajstić information content (AvgIpc) is 2.92. The van der Waals surface area contributed by atoms with Crippen LogP contribution in [0.3, 0.4) is 0 Å². The van der Waals surface area contributed by atoms with Crippen LogP contribution in [-0.4, -0.2) is 60.5 Å². The second kappa shape index (κ2) is 7.99. The van der Waals surface area contributed by atoms with Gasteiger partial charge >= 0.3 is 0 Å². The molecule has 4 rings (SSSR count). The zero-order chi connectivity index (χ0) is 21.6. The van der Waals surface area contributed by atoms with Crippen molar-refractivity contribution in [2.45, 2.75) is 81.3 Å². The molecule has 30 heavy (non-hydrogen) atoms. The van der Waals surface area contributed by atoms with E-state index in [2.05, 4.69) is 10.0 Å². The number of rotatable bonds is 4. The van der Waals surface area contributed by atoms with Crippen molar-refractivity contribution < 1.29 is 32.0 Å². The molecule has 0 bridgehead atoms. The van der Waals surface area contributed by atoms with E-state index < -0.39 is 69.0 Å². The van der Waals surface area contributed by atoms with E-state index in [-0.39, 0.29) is 44.9 Å². The maximum absolute atomic E-state index is 13.3. The van der Waals surface area contributed by atoms with E-state index in [0.29, 0.717) is 12.8 Å². The van der Waals surface area contributed by atoms with E-state index in [1.165, 1.54) is 0 Å². The third kappa shape index (κ3) is 3.89. The van der Waals surface area contributed by atoms with E-state index >= 15 is 0 Å². The number of carbonyl (C=O) groups excluding carboxylic acids is 4. The minimum absolute atomic E-state index is 0.0619. The molecule has 2 N–H and O–H groups in total. The Bertz CT molecular complexity index is 869. The van der Waals surface area contributed by atoms with Crippen LogP contribution in [0.2, 0.25) is 0 Å². The van der Waals surface area contributed by atoms with Crippen LogP contribution in [0.25, 0.3) is 0 Å². The molecule has 2 heterocycles. The van der Waals surface area contributed by atoms with Crippen LogP contribution in [0.4, 0.5) is 4.39 Å². The Balaban J connectivity index is 1.42. The molecule has 0 aromatic heterocycles. The SMILES string of the molecule is O=C1CCC(N2C(=O)C3CCC(NS(=O)(=O)C4CCC(F)CC4)CC3C2=O)C(=O)N1. The number of imide groups is 2. The van der Waals surface area contributed by atoms with Crippen LogP contribution in [0.5, 0.6) is 0 Å². The van der Waals surface area contributed by atoms with Gasteiger partial charge in [0.25, 0.3) is 0 Å². The van der Waals surface area contributed by atoms with Crippen molar-refractivity contribution in [3.8, 4) is 0 Å². The van der Waals surface area contributed by atoms with E-state index in [9.17, 15) is 32.0 Å². The smallest absolute Gasteiger partial charge is 0.249 e. The maximum atomic E-state index is 13.3. The second-order valence-corrected chi connectivity index (χ2v) is 10.8. The third-order valence-corrected chi connectivity index (χ3v) is 8.87. The van der Waals surface area contributed by atoms with Gasteiger partial charge in [0.15, 0.2) is 0 Å². The summed E-state index contributed by atoms with van der Waals surface area (Å²) in [6.45, 7) is 0. The van der Waals surface area contributed by atoms with E-state index in [1.54, 1.807) is 0 Å². The first-order valence-electron chi connectivity index (χ1n) is 10.5. The summed E-state index contributed by atoms with van der Waals surface area (Å²) >= 11 is 0. The summed E-state index contributed by atoms with van der Waals surface area (Å²) in [5.41, 5.74) is 0. The summed E-state index contributed by atoms with van der Waals surface area (Å²) in [5, 5.41) is 1.53. The van der Waals surface area contributed by atoms with Crippen molar-refractivity contribution >= 4 is 33.7 Å². The Morgan fingerprint density at radius 3 is 2.23 bits per heavy atom. The fourth-order valence-electron chi connectivity index (χ4n) is 5.21. The normalized spacial score (nSPS) is 37.8. The van der Waals surface area contributed by atoms with Crippen molar-refractivity contribution in [2.75, 3.05) is 0 Å². The van der Waals surface area contributed by atoms with Gasteiger partial charge in [0.2, 0.25) is 33.7 Å². The third-order valence-electron chi connectivity index (χ3n) is 6.85. The fourth-order valence-corrected chi connectivity index (χ4v) is 6.97. The van der Waals surface area contributed by atoms with E-state index in [1.807, 2.05) is 0 Å². The summed E-state index contributed by atoms with van der Waals surface area (Å²) in [5.74, 6) is -3.20. The lowest BCUT2D eigenvalue weighted by Gasteiger charge is -2.31. The Morgan fingerprint density at radius 1 is 0.900 bits per heavy atom. The summed E-state index contributed by atoms with van der Waals surface area (Å²) in [6.07, 6.45) is 1.19. The number of alkyl halides is 1. The van der Waals surface area contributed by atoms with Gasteiger partial charge in [-0.3, -0.25) is 29.4 Å². The zero-order valence-electron chi connectivity index (χ0n) is 16.5. The van der Waals surface area contributed by atoms with Crippen molar-refractivity contribution in [3.05, 3.63) is 0 Å². The molecule has 9 nitrogen and oxygen atoms in total. The number of fused-ring (bicyclic) bond motifs is 1. The van der Waals surface area contributed by atoms with Crippen molar-refractivity contribution in [1.29, 1.82) is 0 Å². The first-order chi connectivity index (χ1) is 14.2.